The van der Waals surface area contributed by atoms with Crippen LogP contribution in [0.2, 0.25) is 5.02 Å². The van der Waals surface area contributed by atoms with E-state index in [1.807, 2.05) is 31.2 Å². The zero-order valence-electron chi connectivity index (χ0n) is 15.7. The van der Waals surface area contributed by atoms with Gasteiger partial charge < -0.3 is 9.15 Å². The third kappa shape index (κ3) is 3.35. The number of hydrogen-bond donors (Lipinski definition) is 0. The maximum Gasteiger partial charge on any atom is 0.344 e. The van der Waals surface area contributed by atoms with Crippen molar-refractivity contribution < 1.29 is 9.15 Å². The van der Waals surface area contributed by atoms with E-state index in [0.29, 0.717) is 35.4 Å². The minimum absolute atomic E-state index is 0.336. The van der Waals surface area contributed by atoms with Crippen LogP contribution in [-0.4, -0.2) is 18.2 Å². The van der Waals surface area contributed by atoms with Gasteiger partial charge in [-0.3, -0.25) is 4.90 Å². The molecule has 0 amide bonds. The molecule has 1 aliphatic heterocycles. The third-order valence-corrected chi connectivity index (χ3v) is 5.19. The van der Waals surface area contributed by atoms with E-state index >= 15 is 0 Å². The van der Waals surface area contributed by atoms with E-state index in [0.717, 1.165) is 34.4 Å². The summed E-state index contributed by atoms with van der Waals surface area (Å²) in [7, 11) is 0. The normalized spacial score (nSPS) is 14.4. The van der Waals surface area contributed by atoms with Gasteiger partial charge >= 0.3 is 5.63 Å². The summed E-state index contributed by atoms with van der Waals surface area (Å²) in [5, 5.41) is 1.58. The lowest BCUT2D eigenvalue weighted by atomic mass is 9.97. The highest BCUT2D eigenvalue weighted by atomic mass is 35.5. The van der Waals surface area contributed by atoms with Crippen molar-refractivity contribution in [3.05, 3.63) is 63.0 Å². The van der Waals surface area contributed by atoms with Crippen molar-refractivity contribution in [3.8, 4) is 16.9 Å². The topological polar surface area (TPSA) is 42.7 Å². The van der Waals surface area contributed by atoms with Gasteiger partial charge in [-0.05, 0) is 48.2 Å². The van der Waals surface area contributed by atoms with Gasteiger partial charge in [-0.1, -0.05) is 37.6 Å². The molecule has 4 rings (SSSR count). The van der Waals surface area contributed by atoms with E-state index in [9.17, 15) is 4.79 Å². The molecule has 0 bridgehead atoms. The van der Waals surface area contributed by atoms with Crippen LogP contribution in [0.5, 0.6) is 5.75 Å². The average molecular weight is 384 g/mol. The van der Waals surface area contributed by atoms with Gasteiger partial charge in [0, 0.05) is 23.5 Å². The van der Waals surface area contributed by atoms with E-state index in [4.69, 9.17) is 20.8 Å². The minimum Gasteiger partial charge on any atom is -0.478 e. The van der Waals surface area contributed by atoms with E-state index in [1.165, 1.54) is 0 Å². The van der Waals surface area contributed by atoms with Crippen molar-refractivity contribution >= 4 is 22.6 Å². The van der Waals surface area contributed by atoms with Crippen molar-refractivity contribution in [1.29, 1.82) is 0 Å². The maximum atomic E-state index is 12.8. The van der Waals surface area contributed by atoms with Gasteiger partial charge in [-0.25, -0.2) is 4.79 Å². The van der Waals surface area contributed by atoms with E-state index in [1.54, 1.807) is 12.1 Å². The molecule has 5 heteroatoms. The number of halogens is 1. The van der Waals surface area contributed by atoms with Crippen LogP contribution in [0.4, 0.5) is 0 Å². The molecule has 140 valence electrons. The molecule has 27 heavy (non-hydrogen) atoms. The zero-order valence-corrected chi connectivity index (χ0v) is 16.5. The molecular formula is C22H22ClNO3. The molecule has 0 saturated carbocycles. The summed E-state index contributed by atoms with van der Waals surface area (Å²) in [6.07, 6.45) is 0. The molecule has 3 aromatic rings. The summed E-state index contributed by atoms with van der Waals surface area (Å²) in [5.41, 5.74) is 3.53. The number of rotatable bonds is 3. The fraction of sp³-hybridized carbons (Fsp3) is 0.318. The molecule has 1 aliphatic rings. The maximum absolute atomic E-state index is 12.8. The second kappa shape index (κ2) is 7.02. The number of aryl methyl sites for hydroxylation is 1. The Kier molecular flexibility index (Phi) is 4.70. The van der Waals surface area contributed by atoms with Crippen molar-refractivity contribution in [2.75, 3.05) is 13.3 Å². The second-order valence-electron chi connectivity index (χ2n) is 7.49. The Morgan fingerprint density at radius 1 is 1.15 bits per heavy atom. The van der Waals surface area contributed by atoms with Crippen LogP contribution in [0.3, 0.4) is 0 Å². The van der Waals surface area contributed by atoms with Crippen LogP contribution in [-0.2, 0) is 6.54 Å². The third-order valence-electron chi connectivity index (χ3n) is 4.94. The number of ether oxygens (including phenoxy) is 1. The van der Waals surface area contributed by atoms with Crippen molar-refractivity contribution in [2.24, 2.45) is 5.92 Å². The number of benzene rings is 2. The lowest BCUT2D eigenvalue weighted by Crippen LogP contribution is -2.34. The van der Waals surface area contributed by atoms with E-state index in [2.05, 4.69) is 18.7 Å². The Labute approximate surface area is 163 Å². The molecule has 0 atom stereocenters. The SMILES string of the molecule is Cc1c(-c2ccc(Cl)cc2)c(=O)oc2c3c(ccc12)OCN(CC(C)C)C3. The minimum atomic E-state index is -0.336. The Hall–Kier alpha value is -2.30. The molecule has 0 N–H and O–H groups in total. The molecule has 4 nitrogen and oxygen atoms in total. The molecule has 0 saturated heterocycles. The molecular weight excluding hydrogens is 362 g/mol. The molecule has 0 spiro atoms. The first kappa shape index (κ1) is 18.1. The number of nitrogens with zero attached hydrogens (tertiary/aromatic N) is 1. The van der Waals surface area contributed by atoms with Gasteiger partial charge in [-0.15, -0.1) is 0 Å². The predicted molar refractivity (Wildman–Crippen MR) is 108 cm³/mol. The van der Waals surface area contributed by atoms with Gasteiger partial charge in [0.05, 0.1) is 11.1 Å². The largest absolute Gasteiger partial charge is 0.478 e. The lowest BCUT2D eigenvalue weighted by Gasteiger charge is -2.30. The van der Waals surface area contributed by atoms with E-state index in [-0.39, 0.29) is 5.63 Å². The quantitative estimate of drug-likeness (QED) is 0.581. The number of hydrogen-bond acceptors (Lipinski definition) is 4. The van der Waals surface area contributed by atoms with Crippen LogP contribution in [0.1, 0.15) is 25.0 Å². The van der Waals surface area contributed by atoms with Crippen molar-refractivity contribution in [1.82, 2.24) is 4.90 Å². The Morgan fingerprint density at radius 2 is 1.89 bits per heavy atom. The van der Waals surface area contributed by atoms with Gasteiger partial charge in [0.2, 0.25) is 0 Å². The molecule has 1 aromatic heterocycles. The summed E-state index contributed by atoms with van der Waals surface area (Å²) in [6, 6.07) is 11.2. The Morgan fingerprint density at radius 3 is 2.59 bits per heavy atom. The molecule has 2 aromatic carbocycles. The van der Waals surface area contributed by atoms with Crippen LogP contribution in [0.15, 0.2) is 45.6 Å². The first-order valence-corrected chi connectivity index (χ1v) is 9.52. The Bertz CT molecular complexity index is 1050. The summed E-state index contributed by atoms with van der Waals surface area (Å²) in [4.78, 5) is 15.1. The smallest absolute Gasteiger partial charge is 0.344 e. The summed E-state index contributed by atoms with van der Waals surface area (Å²) in [5.74, 6) is 1.33. The van der Waals surface area contributed by atoms with Crippen LogP contribution < -0.4 is 10.4 Å². The monoisotopic (exact) mass is 383 g/mol. The standard InChI is InChI=1S/C22H22ClNO3/c1-13(2)10-24-11-18-19(26-12-24)9-8-17-14(3)20(22(25)27-21(17)18)15-4-6-16(23)7-5-15/h4-9,13H,10-12H2,1-3H3. The first-order chi connectivity index (χ1) is 12.9. The predicted octanol–water partition coefficient (Wildman–Crippen LogP) is 5.23. The van der Waals surface area contributed by atoms with Crippen molar-refractivity contribution in [3.63, 3.8) is 0 Å². The summed E-state index contributed by atoms with van der Waals surface area (Å²) in [6.45, 7) is 8.53. The van der Waals surface area contributed by atoms with Crippen LogP contribution >= 0.6 is 11.6 Å². The summed E-state index contributed by atoms with van der Waals surface area (Å²) >= 11 is 5.98. The molecule has 0 fully saturated rings. The average Bonchev–Trinajstić information content (AvgIpc) is 2.63. The van der Waals surface area contributed by atoms with Crippen LogP contribution in [0, 0.1) is 12.8 Å². The highest BCUT2D eigenvalue weighted by Gasteiger charge is 2.24. The first-order valence-electron chi connectivity index (χ1n) is 9.14. The van der Waals surface area contributed by atoms with Gasteiger partial charge in [0.25, 0.3) is 0 Å². The van der Waals surface area contributed by atoms with Gasteiger partial charge in [0.15, 0.2) is 0 Å². The van der Waals surface area contributed by atoms with Gasteiger partial charge in [0.1, 0.15) is 18.1 Å². The Balaban J connectivity index is 1.86. The number of fused-ring (bicyclic) bond motifs is 3. The summed E-state index contributed by atoms with van der Waals surface area (Å²) < 4.78 is 11.7. The highest BCUT2D eigenvalue weighted by molar-refractivity contribution is 6.30. The fourth-order valence-corrected chi connectivity index (χ4v) is 3.88. The van der Waals surface area contributed by atoms with E-state index < -0.39 is 0 Å². The van der Waals surface area contributed by atoms with Crippen molar-refractivity contribution in [2.45, 2.75) is 27.3 Å². The molecule has 0 aliphatic carbocycles. The second-order valence-corrected chi connectivity index (χ2v) is 7.93. The zero-order chi connectivity index (χ0) is 19.1. The molecule has 0 radical (unpaired) electrons. The lowest BCUT2D eigenvalue weighted by molar-refractivity contribution is 0.0848. The molecule has 0 unspecified atom stereocenters. The highest BCUT2D eigenvalue weighted by Crippen LogP contribution is 2.35. The molecule has 2 heterocycles. The van der Waals surface area contributed by atoms with Gasteiger partial charge in [-0.2, -0.15) is 0 Å². The van der Waals surface area contributed by atoms with Crippen LogP contribution in [0.25, 0.3) is 22.1 Å². The fourth-order valence-electron chi connectivity index (χ4n) is 3.75.